The molecular weight excluding hydrogens is 282 g/mol. The number of hydrogen-bond acceptors (Lipinski definition) is 3. The Morgan fingerprint density at radius 1 is 1.38 bits per heavy atom. The number of carbonyl (C=O) groups is 1. The van der Waals surface area contributed by atoms with Crippen molar-refractivity contribution in [2.45, 2.75) is 24.3 Å². The maximum Gasteiger partial charge on any atom is 0.317 e. The van der Waals surface area contributed by atoms with Crippen LogP contribution in [0.2, 0.25) is 0 Å². The number of rotatable bonds is 3. The van der Waals surface area contributed by atoms with E-state index in [4.69, 9.17) is 0 Å². The quantitative estimate of drug-likeness (QED) is 0.932. The minimum Gasteiger partial charge on any atom is -0.338 e. The predicted molar refractivity (Wildman–Crippen MR) is 86.8 cm³/mol. The van der Waals surface area contributed by atoms with Crippen LogP contribution in [0.5, 0.6) is 0 Å². The van der Waals surface area contributed by atoms with Crippen molar-refractivity contribution in [2.24, 2.45) is 4.99 Å². The van der Waals surface area contributed by atoms with Crippen molar-refractivity contribution in [3.63, 3.8) is 0 Å². The summed E-state index contributed by atoms with van der Waals surface area (Å²) in [5.41, 5.74) is 2.31. The summed E-state index contributed by atoms with van der Waals surface area (Å²) in [5, 5.41) is 3.00. The van der Waals surface area contributed by atoms with Gasteiger partial charge in [-0.05, 0) is 11.6 Å². The topological polar surface area (TPSA) is 44.7 Å². The fourth-order valence-corrected chi connectivity index (χ4v) is 3.51. The molecule has 0 radical (unpaired) electrons. The lowest BCUT2D eigenvalue weighted by atomic mass is 10.2. The number of fused-ring (bicyclic) bond motifs is 1. The van der Waals surface area contributed by atoms with Crippen molar-refractivity contribution in [2.75, 3.05) is 18.8 Å². The van der Waals surface area contributed by atoms with Gasteiger partial charge >= 0.3 is 6.03 Å². The van der Waals surface area contributed by atoms with Crippen molar-refractivity contribution in [3.8, 4) is 0 Å². The van der Waals surface area contributed by atoms with E-state index in [1.807, 2.05) is 28.9 Å². The summed E-state index contributed by atoms with van der Waals surface area (Å²) in [6.45, 7) is 2.12. The molecule has 21 heavy (non-hydrogen) atoms. The van der Waals surface area contributed by atoms with Crippen LogP contribution in [0.15, 0.2) is 45.9 Å². The molecule has 110 valence electrons. The molecule has 0 spiro atoms. The third kappa shape index (κ3) is 3.67. The molecule has 1 N–H and O–H groups in total. The van der Waals surface area contributed by atoms with Gasteiger partial charge in [-0.25, -0.2) is 4.79 Å². The highest BCUT2D eigenvalue weighted by Crippen LogP contribution is 2.26. The van der Waals surface area contributed by atoms with Crippen LogP contribution < -0.4 is 5.32 Å². The molecule has 0 atom stereocenters. The number of amides is 2. The Morgan fingerprint density at radius 2 is 2.29 bits per heavy atom. The number of hydrogen-bond donors (Lipinski definition) is 1. The Balaban J connectivity index is 1.53. The molecule has 1 aromatic carbocycles. The molecule has 5 heteroatoms. The van der Waals surface area contributed by atoms with Crippen molar-refractivity contribution in [3.05, 3.63) is 41.6 Å². The average molecular weight is 301 g/mol. The molecule has 0 saturated heterocycles. The molecule has 2 amide bonds. The number of allylic oxidation sites excluding steroid dienone is 1. The zero-order valence-electron chi connectivity index (χ0n) is 11.9. The van der Waals surface area contributed by atoms with Gasteiger partial charge in [0.25, 0.3) is 0 Å². The van der Waals surface area contributed by atoms with E-state index in [1.165, 1.54) is 10.5 Å². The zero-order valence-corrected chi connectivity index (χ0v) is 12.7. The summed E-state index contributed by atoms with van der Waals surface area (Å²) in [7, 11) is 0. The van der Waals surface area contributed by atoms with E-state index in [9.17, 15) is 4.79 Å². The predicted octanol–water partition coefficient (Wildman–Crippen LogP) is 3.05. The second kappa shape index (κ2) is 6.80. The van der Waals surface area contributed by atoms with Crippen molar-refractivity contribution < 1.29 is 4.79 Å². The fraction of sp³-hybridized carbons (Fsp3) is 0.375. The first kappa shape index (κ1) is 14.2. The van der Waals surface area contributed by atoms with E-state index in [2.05, 4.69) is 34.6 Å². The molecule has 2 heterocycles. The van der Waals surface area contributed by atoms with Gasteiger partial charge in [-0.3, -0.25) is 4.99 Å². The first-order valence-corrected chi connectivity index (χ1v) is 8.26. The van der Waals surface area contributed by atoms with Crippen LogP contribution >= 0.6 is 11.8 Å². The molecule has 0 aliphatic carbocycles. The number of nitrogens with zero attached hydrogens (tertiary/aromatic N) is 2. The number of benzene rings is 1. The molecular formula is C16H19N3OS. The molecule has 0 unspecified atom stereocenters. The first-order valence-electron chi connectivity index (χ1n) is 7.28. The summed E-state index contributed by atoms with van der Waals surface area (Å²) in [6, 6.07) is 8.34. The Hall–Kier alpha value is -1.75. The van der Waals surface area contributed by atoms with Gasteiger partial charge in [0.15, 0.2) is 0 Å². The summed E-state index contributed by atoms with van der Waals surface area (Å²) >= 11 is 1.83. The number of thioether (sulfide) groups is 1. The van der Waals surface area contributed by atoms with Crippen LogP contribution in [-0.4, -0.2) is 36.0 Å². The maximum atomic E-state index is 12.3. The van der Waals surface area contributed by atoms with Crippen molar-refractivity contribution in [1.29, 1.82) is 0 Å². The molecule has 4 nitrogen and oxygen atoms in total. The highest BCUT2D eigenvalue weighted by Gasteiger charge is 2.18. The van der Waals surface area contributed by atoms with Crippen LogP contribution in [0.3, 0.4) is 0 Å². The highest BCUT2D eigenvalue weighted by atomic mass is 32.2. The van der Waals surface area contributed by atoms with E-state index >= 15 is 0 Å². The second-order valence-corrected chi connectivity index (χ2v) is 6.24. The summed E-state index contributed by atoms with van der Waals surface area (Å²) in [6.07, 6.45) is 5.73. The SMILES string of the molecule is O=C(NCCC1=CCC=N1)N1CCSc2ccccc2C1. The minimum absolute atomic E-state index is 0.0230. The third-order valence-corrected chi connectivity index (χ3v) is 4.71. The smallest absolute Gasteiger partial charge is 0.317 e. The van der Waals surface area contributed by atoms with E-state index < -0.39 is 0 Å². The molecule has 0 bridgehead atoms. The monoisotopic (exact) mass is 301 g/mol. The van der Waals surface area contributed by atoms with E-state index in [-0.39, 0.29) is 6.03 Å². The Morgan fingerprint density at radius 3 is 3.14 bits per heavy atom. The van der Waals surface area contributed by atoms with Crippen LogP contribution in [0.4, 0.5) is 4.79 Å². The largest absolute Gasteiger partial charge is 0.338 e. The Bertz CT molecular complexity index is 583. The molecule has 2 aliphatic rings. The summed E-state index contributed by atoms with van der Waals surface area (Å²) in [4.78, 5) is 19.7. The van der Waals surface area contributed by atoms with Crippen molar-refractivity contribution in [1.82, 2.24) is 10.2 Å². The van der Waals surface area contributed by atoms with Crippen LogP contribution in [-0.2, 0) is 6.54 Å². The third-order valence-electron chi connectivity index (χ3n) is 3.61. The fourth-order valence-electron chi connectivity index (χ4n) is 2.49. The zero-order chi connectivity index (χ0) is 14.5. The van der Waals surface area contributed by atoms with Gasteiger partial charge in [0.1, 0.15) is 0 Å². The lowest BCUT2D eigenvalue weighted by molar-refractivity contribution is 0.199. The summed E-state index contributed by atoms with van der Waals surface area (Å²) in [5.74, 6) is 0.944. The van der Waals surface area contributed by atoms with Crippen LogP contribution in [0.25, 0.3) is 0 Å². The van der Waals surface area contributed by atoms with E-state index in [0.29, 0.717) is 13.1 Å². The molecule has 0 saturated carbocycles. The second-order valence-electron chi connectivity index (χ2n) is 5.10. The molecule has 0 fully saturated rings. The lowest BCUT2D eigenvalue weighted by Crippen LogP contribution is -2.40. The Kier molecular flexibility index (Phi) is 4.60. The number of nitrogens with one attached hydrogen (secondary N) is 1. The average Bonchev–Trinajstić information content (AvgIpc) is 2.91. The van der Waals surface area contributed by atoms with Gasteiger partial charge in [-0.1, -0.05) is 24.3 Å². The standard InChI is InChI=1S/C16H19N3OS/c20-16(18-9-7-14-5-3-8-17-14)19-10-11-21-15-6-2-1-4-13(15)12-19/h1-2,4-6,8H,3,7,9-12H2,(H,18,20). The van der Waals surface area contributed by atoms with E-state index in [1.54, 1.807) is 0 Å². The molecule has 1 aromatic rings. The Labute approximate surface area is 129 Å². The number of aliphatic imine (C=N–C) groups is 1. The minimum atomic E-state index is 0.0230. The summed E-state index contributed by atoms with van der Waals surface area (Å²) < 4.78 is 0. The highest BCUT2D eigenvalue weighted by molar-refractivity contribution is 7.99. The van der Waals surface area contributed by atoms with Gasteiger partial charge in [0.2, 0.25) is 0 Å². The lowest BCUT2D eigenvalue weighted by Gasteiger charge is -2.21. The van der Waals surface area contributed by atoms with Crippen molar-refractivity contribution >= 4 is 24.0 Å². The molecule has 3 rings (SSSR count). The van der Waals surface area contributed by atoms with E-state index in [0.717, 1.165) is 30.8 Å². The van der Waals surface area contributed by atoms with Gasteiger partial charge in [0, 0.05) is 55.0 Å². The number of urea groups is 1. The molecule has 0 aromatic heterocycles. The number of carbonyl (C=O) groups excluding carboxylic acids is 1. The van der Waals surface area contributed by atoms with Gasteiger partial charge in [-0.15, -0.1) is 11.8 Å². The first-order chi connectivity index (χ1) is 10.3. The normalized spacial score (nSPS) is 17.1. The maximum absolute atomic E-state index is 12.3. The van der Waals surface area contributed by atoms with Crippen LogP contribution in [0.1, 0.15) is 18.4 Å². The van der Waals surface area contributed by atoms with Gasteiger partial charge in [0.05, 0.1) is 0 Å². The molecule has 2 aliphatic heterocycles. The van der Waals surface area contributed by atoms with Gasteiger partial charge in [-0.2, -0.15) is 0 Å². The van der Waals surface area contributed by atoms with Gasteiger partial charge < -0.3 is 10.2 Å². The van der Waals surface area contributed by atoms with Crippen LogP contribution in [0, 0.1) is 0 Å².